The first kappa shape index (κ1) is 16.1. The van der Waals surface area contributed by atoms with Crippen LogP contribution in [0.5, 0.6) is 0 Å². The van der Waals surface area contributed by atoms with Crippen molar-refractivity contribution in [1.82, 2.24) is 10.2 Å². The Kier molecular flexibility index (Phi) is 4.76. The van der Waals surface area contributed by atoms with Crippen molar-refractivity contribution in [3.63, 3.8) is 0 Å². The summed E-state index contributed by atoms with van der Waals surface area (Å²) in [7, 11) is 1.95. The van der Waals surface area contributed by atoms with E-state index in [9.17, 15) is 4.79 Å². The highest BCUT2D eigenvalue weighted by atomic mass is 32.2. The SMILES string of the molecule is C=C1c2ccccc2N=C(S[C@H](C)C(=O)NC2CCCC2)N1C. The fraction of sp³-hybridized carbons (Fsp3) is 0.444. The normalized spacial score (nSPS) is 19.3. The zero-order valence-corrected chi connectivity index (χ0v) is 14.5. The monoisotopic (exact) mass is 329 g/mol. The van der Waals surface area contributed by atoms with Gasteiger partial charge in [0, 0.05) is 24.4 Å². The molecule has 1 aliphatic carbocycles. The molecule has 0 aromatic heterocycles. The molecule has 23 heavy (non-hydrogen) atoms. The van der Waals surface area contributed by atoms with E-state index in [1.54, 1.807) is 0 Å². The lowest BCUT2D eigenvalue weighted by Crippen LogP contribution is -2.39. The largest absolute Gasteiger partial charge is 0.352 e. The molecule has 4 nitrogen and oxygen atoms in total. The van der Waals surface area contributed by atoms with Crippen LogP contribution in [0.15, 0.2) is 35.8 Å². The van der Waals surface area contributed by atoms with E-state index in [0.29, 0.717) is 6.04 Å². The molecule has 0 radical (unpaired) electrons. The summed E-state index contributed by atoms with van der Waals surface area (Å²) in [6.45, 7) is 6.09. The Bertz CT molecular complexity index is 649. The van der Waals surface area contributed by atoms with Crippen molar-refractivity contribution in [1.29, 1.82) is 0 Å². The van der Waals surface area contributed by atoms with Crippen molar-refractivity contribution in [2.24, 2.45) is 4.99 Å². The Hall–Kier alpha value is -1.75. The number of nitrogens with one attached hydrogen (secondary N) is 1. The Morgan fingerprint density at radius 3 is 2.83 bits per heavy atom. The highest BCUT2D eigenvalue weighted by molar-refractivity contribution is 8.14. The van der Waals surface area contributed by atoms with Crippen LogP contribution in [0.4, 0.5) is 5.69 Å². The van der Waals surface area contributed by atoms with Crippen molar-refractivity contribution in [3.8, 4) is 0 Å². The molecule has 1 fully saturated rings. The Morgan fingerprint density at radius 1 is 1.39 bits per heavy atom. The van der Waals surface area contributed by atoms with Crippen molar-refractivity contribution in [2.45, 2.75) is 43.9 Å². The Balaban J connectivity index is 1.70. The molecule has 0 saturated heterocycles. The molecule has 0 bridgehead atoms. The minimum absolute atomic E-state index is 0.0995. The number of para-hydroxylation sites is 1. The molecule has 1 aliphatic heterocycles. The highest BCUT2D eigenvalue weighted by Crippen LogP contribution is 2.35. The van der Waals surface area contributed by atoms with Gasteiger partial charge in [0.1, 0.15) is 0 Å². The molecule has 1 saturated carbocycles. The zero-order chi connectivity index (χ0) is 16.4. The fourth-order valence-electron chi connectivity index (χ4n) is 3.00. The first-order chi connectivity index (χ1) is 11.1. The van der Waals surface area contributed by atoms with Gasteiger partial charge in [-0.25, -0.2) is 4.99 Å². The van der Waals surface area contributed by atoms with Gasteiger partial charge in [-0.2, -0.15) is 0 Å². The Labute approximate surface area is 142 Å². The van der Waals surface area contributed by atoms with Gasteiger partial charge in [0.2, 0.25) is 5.91 Å². The summed E-state index contributed by atoms with van der Waals surface area (Å²) in [6.07, 6.45) is 4.65. The second-order valence-electron chi connectivity index (χ2n) is 6.17. The summed E-state index contributed by atoms with van der Waals surface area (Å²) in [5.74, 6) is 0.0995. The zero-order valence-electron chi connectivity index (χ0n) is 13.7. The van der Waals surface area contributed by atoms with E-state index in [1.165, 1.54) is 24.6 Å². The van der Waals surface area contributed by atoms with Crippen molar-refractivity contribution in [3.05, 3.63) is 36.4 Å². The number of fused-ring (bicyclic) bond motifs is 1. The third-order valence-electron chi connectivity index (χ3n) is 4.48. The number of aliphatic imine (C=N–C) groups is 1. The third kappa shape index (κ3) is 3.44. The van der Waals surface area contributed by atoms with Crippen LogP contribution in [0.3, 0.4) is 0 Å². The molecule has 1 N–H and O–H groups in total. The maximum Gasteiger partial charge on any atom is 0.233 e. The number of hydrogen-bond acceptors (Lipinski definition) is 4. The van der Waals surface area contributed by atoms with Gasteiger partial charge >= 0.3 is 0 Å². The first-order valence-electron chi connectivity index (χ1n) is 8.14. The molecule has 1 heterocycles. The lowest BCUT2D eigenvalue weighted by atomic mass is 10.1. The number of thioether (sulfide) groups is 1. The van der Waals surface area contributed by atoms with Crippen molar-refractivity contribution >= 4 is 34.2 Å². The predicted octanol–water partition coefficient (Wildman–Crippen LogP) is 3.77. The van der Waals surface area contributed by atoms with Crippen LogP contribution in [0.25, 0.3) is 5.70 Å². The molecule has 2 aliphatic rings. The van der Waals surface area contributed by atoms with Gasteiger partial charge in [-0.3, -0.25) is 4.79 Å². The molecular formula is C18H23N3OS. The molecule has 1 aromatic rings. The van der Waals surface area contributed by atoms with Crippen LogP contribution < -0.4 is 5.32 Å². The summed E-state index contributed by atoms with van der Waals surface area (Å²) in [5.41, 5.74) is 2.88. The number of hydrogen-bond donors (Lipinski definition) is 1. The first-order valence-corrected chi connectivity index (χ1v) is 9.02. The molecule has 1 aromatic carbocycles. The summed E-state index contributed by atoms with van der Waals surface area (Å²) in [4.78, 5) is 19.0. The highest BCUT2D eigenvalue weighted by Gasteiger charge is 2.26. The van der Waals surface area contributed by atoms with Gasteiger partial charge in [-0.1, -0.05) is 49.4 Å². The Morgan fingerprint density at radius 2 is 2.09 bits per heavy atom. The van der Waals surface area contributed by atoms with Crippen molar-refractivity contribution in [2.75, 3.05) is 7.05 Å². The molecule has 0 unspecified atom stereocenters. The van der Waals surface area contributed by atoms with E-state index in [2.05, 4.69) is 11.9 Å². The van der Waals surface area contributed by atoms with Gasteiger partial charge in [0.15, 0.2) is 5.17 Å². The fourth-order valence-corrected chi connectivity index (χ4v) is 3.91. The summed E-state index contributed by atoms with van der Waals surface area (Å²) in [6, 6.07) is 8.32. The second-order valence-corrected chi connectivity index (χ2v) is 7.48. The van der Waals surface area contributed by atoms with Gasteiger partial charge in [-0.05, 0) is 25.8 Å². The molecule has 3 rings (SSSR count). The minimum Gasteiger partial charge on any atom is -0.352 e. The van der Waals surface area contributed by atoms with Gasteiger partial charge < -0.3 is 10.2 Å². The second kappa shape index (κ2) is 6.79. The van der Waals surface area contributed by atoms with E-state index in [0.717, 1.165) is 35.0 Å². The molecule has 122 valence electrons. The van der Waals surface area contributed by atoms with Crippen molar-refractivity contribution < 1.29 is 4.79 Å². The van der Waals surface area contributed by atoms with Gasteiger partial charge in [0.25, 0.3) is 0 Å². The number of rotatable bonds is 3. The number of carbonyl (C=O) groups is 1. The average Bonchev–Trinajstić information content (AvgIpc) is 3.05. The summed E-state index contributed by atoms with van der Waals surface area (Å²) >= 11 is 1.49. The van der Waals surface area contributed by atoms with Crippen LogP contribution >= 0.6 is 11.8 Å². The maximum absolute atomic E-state index is 12.4. The number of carbonyl (C=O) groups excluding carboxylic acids is 1. The molecule has 0 spiro atoms. The summed E-state index contributed by atoms with van der Waals surface area (Å²) < 4.78 is 0. The quantitative estimate of drug-likeness (QED) is 0.918. The lowest BCUT2D eigenvalue weighted by Gasteiger charge is -2.29. The van der Waals surface area contributed by atoms with Crippen LogP contribution in [-0.2, 0) is 4.79 Å². The van der Waals surface area contributed by atoms with Crippen LogP contribution in [0.2, 0.25) is 0 Å². The summed E-state index contributed by atoms with van der Waals surface area (Å²) in [5, 5.41) is 3.81. The standard InChI is InChI=1S/C18H23N3OS/c1-12-15-10-6-7-11-16(15)20-18(21(12)3)23-13(2)17(22)19-14-8-4-5-9-14/h6-7,10-11,13-14H,1,4-5,8-9H2,2-3H3,(H,19,22)/t13-/m1/s1. The molecular weight excluding hydrogens is 306 g/mol. The average molecular weight is 329 g/mol. The molecule has 1 amide bonds. The number of nitrogens with zero attached hydrogens (tertiary/aromatic N) is 2. The number of amidine groups is 1. The lowest BCUT2D eigenvalue weighted by molar-refractivity contribution is -0.120. The van der Waals surface area contributed by atoms with E-state index in [-0.39, 0.29) is 11.2 Å². The molecule has 5 heteroatoms. The molecule has 1 atom stereocenters. The van der Waals surface area contributed by atoms with Gasteiger partial charge in [-0.15, -0.1) is 0 Å². The van der Waals surface area contributed by atoms with Crippen LogP contribution in [-0.4, -0.2) is 34.3 Å². The van der Waals surface area contributed by atoms with E-state index in [4.69, 9.17) is 4.99 Å². The van der Waals surface area contributed by atoms with E-state index < -0.39 is 0 Å². The third-order valence-corrected chi connectivity index (χ3v) is 5.62. The number of amides is 1. The van der Waals surface area contributed by atoms with Crippen LogP contribution in [0, 0.1) is 0 Å². The van der Waals surface area contributed by atoms with E-state index >= 15 is 0 Å². The topological polar surface area (TPSA) is 44.7 Å². The van der Waals surface area contributed by atoms with Crippen LogP contribution in [0.1, 0.15) is 38.2 Å². The predicted molar refractivity (Wildman–Crippen MR) is 97.8 cm³/mol. The van der Waals surface area contributed by atoms with E-state index in [1.807, 2.05) is 43.1 Å². The number of benzene rings is 1. The van der Waals surface area contributed by atoms with Gasteiger partial charge in [0.05, 0.1) is 10.9 Å². The smallest absolute Gasteiger partial charge is 0.233 e. The maximum atomic E-state index is 12.4. The minimum atomic E-state index is -0.171.